The Bertz CT molecular complexity index is 584. The molecule has 1 saturated heterocycles. The van der Waals surface area contributed by atoms with Crippen LogP contribution in [0.3, 0.4) is 0 Å². The van der Waals surface area contributed by atoms with Crippen molar-refractivity contribution < 1.29 is 4.79 Å². The number of carbonyl (C=O) groups excluding carboxylic acids is 1. The topological polar surface area (TPSA) is 58.4 Å². The molecule has 2 unspecified atom stereocenters. The number of nitrogen functional groups attached to an aromatic ring is 1. The number of carbonyl (C=O) groups is 1. The summed E-state index contributed by atoms with van der Waals surface area (Å²) >= 11 is 0. The van der Waals surface area contributed by atoms with Crippen LogP contribution in [-0.2, 0) is 11.2 Å². The first-order valence-electron chi connectivity index (χ1n) is 8.21. The highest BCUT2D eigenvalue weighted by Gasteiger charge is 2.36. The number of piperidine rings is 1. The molecule has 1 aromatic rings. The Morgan fingerprint density at radius 2 is 2.00 bits per heavy atom. The van der Waals surface area contributed by atoms with Gasteiger partial charge in [-0.15, -0.1) is 0 Å². The highest BCUT2D eigenvalue weighted by molar-refractivity contribution is 5.95. The maximum atomic E-state index is 11.6. The van der Waals surface area contributed by atoms with Crippen LogP contribution in [0.15, 0.2) is 12.1 Å². The minimum absolute atomic E-state index is 0.121. The van der Waals surface area contributed by atoms with Gasteiger partial charge in [0.1, 0.15) is 0 Å². The van der Waals surface area contributed by atoms with Gasteiger partial charge in [-0.25, -0.2) is 0 Å². The molecule has 2 atom stereocenters. The number of hydrogen-bond donors (Lipinski definition) is 2. The minimum Gasteiger partial charge on any atom is -0.397 e. The number of nitrogens with zero attached hydrogens (tertiary/aromatic N) is 1. The molecule has 1 aliphatic carbocycles. The molecule has 4 nitrogen and oxygen atoms in total. The van der Waals surface area contributed by atoms with Crippen LogP contribution in [0.5, 0.6) is 0 Å². The van der Waals surface area contributed by atoms with Crippen molar-refractivity contribution in [3.8, 4) is 0 Å². The number of anilines is 3. The molecular weight excluding hydrogens is 262 g/mol. The van der Waals surface area contributed by atoms with Gasteiger partial charge in [0.05, 0.1) is 11.4 Å². The molecule has 1 saturated carbocycles. The van der Waals surface area contributed by atoms with E-state index >= 15 is 0 Å². The predicted molar refractivity (Wildman–Crippen MR) is 85.5 cm³/mol. The molecule has 21 heavy (non-hydrogen) atoms. The lowest BCUT2D eigenvalue weighted by Crippen LogP contribution is -2.43. The summed E-state index contributed by atoms with van der Waals surface area (Å²) in [6.45, 7) is 1.10. The Kier molecular flexibility index (Phi) is 3.05. The second kappa shape index (κ2) is 4.93. The fraction of sp³-hybridized carbons (Fsp3) is 0.588. The number of fused-ring (bicyclic) bond motifs is 2. The molecule has 112 valence electrons. The molecule has 4 rings (SSSR count). The molecule has 1 aromatic carbocycles. The SMILES string of the molecule is Nc1cc2c(cc1N1CCCC3CCCC31)NC(=O)CC2. The van der Waals surface area contributed by atoms with E-state index in [2.05, 4.69) is 22.3 Å². The third-order valence-electron chi connectivity index (χ3n) is 5.45. The lowest BCUT2D eigenvalue weighted by atomic mass is 9.91. The monoisotopic (exact) mass is 285 g/mol. The van der Waals surface area contributed by atoms with Crippen molar-refractivity contribution in [2.45, 2.75) is 51.0 Å². The van der Waals surface area contributed by atoms with E-state index in [1.54, 1.807) is 0 Å². The van der Waals surface area contributed by atoms with Crippen LogP contribution in [0.1, 0.15) is 44.1 Å². The normalized spacial score (nSPS) is 28.0. The quantitative estimate of drug-likeness (QED) is 0.780. The molecule has 1 amide bonds. The molecule has 4 heteroatoms. The Hall–Kier alpha value is -1.71. The minimum atomic E-state index is 0.121. The maximum absolute atomic E-state index is 11.6. The fourth-order valence-electron chi connectivity index (χ4n) is 4.44. The molecule has 0 aromatic heterocycles. The largest absolute Gasteiger partial charge is 0.397 e. The van der Waals surface area contributed by atoms with E-state index in [0.717, 1.165) is 35.9 Å². The van der Waals surface area contributed by atoms with E-state index in [1.807, 2.05) is 0 Å². The van der Waals surface area contributed by atoms with Gasteiger partial charge in [0.2, 0.25) is 5.91 Å². The van der Waals surface area contributed by atoms with Gasteiger partial charge < -0.3 is 16.0 Å². The number of rotatable bonds is 1. The van der Waals surface area contributed by atoms with E-state index in [1.165, 1.54) is 37.7 Å². The molecule has 3 aliphatic rings. The van der Waals surface area contributed by atoms with Crippen LogP contribution in [0.4, 0.5) is 17.1 Å². The second-order valence-electron chi connectivity index (χ2n) is 6.71. The van der Waals surface area contributed by atoms with E-state index in [9.17, 15) is 4.79 Å². The lowest BCUT2D eigenvalue weighted by Gasteiger charge is -2.40. The number of hydrogen-bond acceptors (Lipinski definition) is 3. The maximum Gasteiger partial charge on any atom is 0.224 e. The van der Waals surface area contributed by atoms with E-state index in [-0.39, 0.29) is 5.91 Å². The average molecular weight is 285 g/mol. The first-order valence-corrected chi connectivity index (χ1v) is 8.21. The summed E-state index contributed by atoms with van der Waals surface area (Å²) in [7, 11) is 0. The van der Waals surface area contributed by atoms with Crippen LogP contribution < -0.4 is 16.0 Å². The van der Waals surface area contributed by atoms with Crippen LogP contribution in [0.2, 0.25) is 0 Å². The number of aryl methyl sites for hydroxylation is 1. The van der Waals surface area contributed by atoms with E-state index in [4.69, 9.17) is 5.73 Å². The number of benzene rings is 1. The summed E-state index contributed by atoms with van der Waals surface area (Å²) in [5, 5.41) is 3.01. The smallest absolute Gasteiger partial charge is 0.224 e. The van der Waals surface area contributed by atoms with E-state index in [0.29, 0.717) is 12.5 Å². The first-order chi connectivity index (χ1) is 10.2. The number of amides is 1. The highest BCUT2D eigenvalue weighted by atomic mass is 16.1. The van der Waals surface area contributed by atoms with Crippen LogP contribution in [0.25, 0.3) is 0 Å². The van der Waals surface area contributed by atoms with E-state index < -0.39 is 0 Å². The van der Waals surface area contributed by atoms with Gasteiger partial charge in [0.15, 0.2) is 0 Å². The highest BCUT2D eigenvalue weighted by Crippen LogP contribution is 2.42. The lowest BCUT2D eigenvalue weighted by molar-refractivity contribution is -0.116. The number of nitrogens with one attached hydrogen (secondary N) is 1. The molecule has 2 heterocycles. The third-order valence-corrected chi connectivity index (χ3v) is 5.45. The molecule has 0 radical (unpaired) electrons. The first kappa shape index (κ1) is 13.0. The van der Waals surface area contributed by atoms with Crippen molar-refractivity contribution in [1.82, 2.24) is 0 Å². The third kappa shape index (κ3) is 2.17. The molecule has 2 aliphatic heterocycles. The molecule has 0 bridgehead atoms. The van der Waals surface area contributed by atoms with Gasteiger partial charge in [-0.3, -0.25) is 4.79 Å². The Balaban J connectivity index is 1.71. The summed E-state index contributed by atoms with van der Waals surface area (Å²) in [5.74, 6) is 0.958. The Morgan fingerprint density at radius 3 is 2.90 bits per heavy atom. The summed E-state index contributed by atoms with van der Waals surface area (Å²) < 4.78 is 0. The van der Waals surface area contributed by atoms with Crippen LogP contribution in [-0.4, -0.2) is 18.5 Å². The molecule has 0 spiro atoms. The van der Waals surface area contributed by atoms with Crippen molar-refractivity contribution in [2.24, 2.45) is 5.92 Å². The summed E-state index contributed by atoms with van der Waals surface area (Å²) in [4.78, 5) is 14.1. The van der Waals surface area contributed by atoms with Gasteiger partial charge in [0, 0.05) is 24.7 Å². The summed E-state index contributed by atoms with van der Waals surface area (Å²) in [6, 6.07) is 4.84. The van der Waals surface area contributed by atoms with Crippen molar-refractivity contribution in [3.63, 3.8) is 0 Å². The van der Waals surface area contributed by atoms with Crippen LogP contribution in [0, 0.1) is 5.92 Å². The molecular formula is C17H23N3O. The van der Waals surface area contributed by atoms with Crippen LogP contribution >= 0.6 is 0 Å². The number of nitrogens with two attached hydrogens (primary N) is 1. The van der Waals surface area contributed by atoms with Gasteiger partial charge >= 0.3 is 0 Å². The Morgan fingerprint density at radius 1 is 1.14 bits per heavy atom. The van der Waals surface area contributed by atoms with Crippen molar-refractivity contribution >= 4 is 23.0 Å². The van der Waals surface area contributed by atoms with Crippen molar-refractivity contribution in [1.29, 1.82) is 0 Å². The second-order valence-corrected chi connectivity index (χ2v) is 6.71. The van der Waals surface area contributed by atoms with Gasteiger partial charge in [-0.2, -0.15) is 0 Å². The zero-order valence-electron chi connectivity index (χ0n) is 12.4. The van der Waals surface area contributed by atoms with Gasteiger partial charge in [-0.05, 0) is 55.7 Å². The standard InChI is InChI=1S/C17H23N3O/c18-13-9-12-6-7-17(21)19-14(12)10-16(13)20-8-2-4-11-3-1-5-15(11)20/h9-11,15H,1-8,18H2,(H,19,21). The van der Waals surface area contributed by atoms with Crippen molar-refractivity contribution in [2.75, 3.05) is 22.5 Å². The fourth-order valence-corrected chi connectivity index (χ4v) is 4.44. The molecule has 2 fully saturated rings. The summed E-state index contributed by atoms with van der Waals surface area (Å²) in [5.41, 5.74) is 10.5. The zero-order chi connectivity index (χ0) is 14.4. The zero-order valence-corrected chi connectivity index (χ0v) is 12.4. The molecule has 3 N–H and O–H groups in total. The van der Waals surface area contributed by atoms with Gasteiger partial charge in [-0.1, -0.05) is 6.42 Å². The predicted octanol–water partition coefficient (Wildman–Crippen LogP) is 2.92. The van der Waals surface area contributed by atoms with Crippen molar-refractivity contribution in [3.05, 3.63) is 17.7 Å². The average Bonchev–Trinajstić information content (AvgIpc) is 2.95. The van der Waals surface area contributed by atoms with Gasteiger partial charge in [0.25, 0.3) is 0 Å². The summed E-state index contributed by atoms with van der Waals surface area (Å²) in [6.07, 6.45) is 7.98. The Labute approximate surface area is 125 Å².